The third-order valence-electron chi connectivity index (χ3n) is 3.06. The van der Waals surface area contributed by atoms with E-state index < -0.39 is 0 Å². The zero-order valence-corrected chi connectivity index (χ0v) is 10.4. The summed E-state index contributed by atoms with van der Waals surface area (Å²) in [6, 6.07) is 8.20. The van der Waals surface area contributed by atoms with Crippen LogP contribution in [0.2, 0.25) is 0 Å². The first-order valence-electron chi connectivity index (χ1n) is 6.11. The van der Waals surface area contributed by atoms with Crippen molar-refractivity contribution in [2.75, 3.05) is 0 Å². The molecule has 0 radical (unpaired) electrons. The molecule has 18 heavy (non-hydrogen) atoms. The molecule has 0 heterocycles. The Morgan fingerprint density at radius 2 is 1.89 bits per heavy atom. The Hall–Kier alpha value is -2.09. The minimum Gasteiger partial charge on any atom is -0.459 e. The van der Waals surface area contributed by atoms with E-state index in [1.165, 1.54) is 10.4 Å². The molecule has 0 spiro atoms. The lowest BCUT2D eigenvalue weighted by atomic mass is 10.1. The maximum Gasteiger partial charge on any atom is 0.338 e. The molecule has 2 aliphatic rings. The number of hydrogen-bond acceptors (Lipinski definition) is 2. The summed E-state index contributed by atoms with van der Waals surface area (Å²) in [5, 5.41) is 2.40. The average Bonchev–Trinajstić information content (AvgIpc) is 2.84. The first-order valence-corrected chi connectivity index (χ1v) is 6.11. The molecule has 2 heteroatoms. The summed E-state index contributed by atoms with van der Waals surface area (Å²) in [5.74, 6) is -0.245. The first kappa shape index (κ1) is 11.0. The molecule has 0 aromatic heterocycles. The first-order chi connectivity index (χ1) is 8.65. The highest BCUT2D eigenvalue weighted by atomic mass is 16.5. The lowest BCUT2D eigenvalue weighted by Crippen LogP contribution is -2.21. The summed E-state index contributed by atoms with van der Waals surface area (Å²) >= 11 is 0. The Kier molecular flexibility index (Phi) is 2.44. The number of carbonyl (C=O) groups excluding carboxylic acids is 1. The Balaban J connectivity index is 2.03. The molecule has 0 atom stereocenters. The van der Waals surface area contributed by atoms with Gasteiger partial charge in [-0.15, -0.1) is 0 Å². The van der Waals surface area contributed by atoms with Crippen molar-refractivity contribution < 1.29 is 9.53 Å². The number of hydrogen-bond donors (Lipinski definition) is 0. The minimum atomic E-state index is -0.245. The smallest absolute Gasteiger partial charge is 0.338 e. The number of rotatable bonds is 2. The minimum absolute atomic E-state index is 0.0847. The second-order valence-corrected chi connectivity index (χ2v) is 4.80. The van der Waals surface area contributed by atoms with Gasteiger partial charge < -0.3 is 4.74 Å². The second kappa shape index (κ2) is 3.98. The van der Waals surface area contributed by atoms with Gasteiger partial charge in [0.15, 0.2) is 0 Å². The predicted molar refractivity (Wildman–Crippen MR) is 71.0 cm³/mol. The number of esters is 1. The molecule has 0 saturated carbocycles. The summed E-state index contributed by atoms with van der Waals surface area (Å²) in [6.07, 6.45) is 5.85. The van der Waals surface area contributed by atoms with Crippen molar-refractivity contribution in [3.8, 4) is 0 Å². The third-order valence-corrected chi connectivity index (χ3v) is 3.06. The normalized spacial score (nSPS) is 15.8. The van der Waals surface area contributed by atoms with Crippen LogP contribution < -0.4 is 10.4 Å². The molecule has 0 amide bonds. The van der Waals surface area contributed by atoms with Gasteiger partial charge in [0.25, 0.3) is 0 Å². The van der Waals surface area contributed by atoms with Gasteiger partial charge in [0.1, 0.15) is 0 Å². The van der Waals surface area contributed by atoms with Crippen molar-refractivity contribution in [1.29, 1.82) is 0 Å². The van der Waals surface area contributed by atoms with Gasteiger partial charge in [-0.2, -0.15) is 0 Å². The van der Waals surface area contributed by atoms with Crippen LogP contribution in [0.3, 0.4) is 0 Å². The van der Waals surface area contributed by atoms with Crippen molar-refractivity contribution in [3.63, 3.8) is 0 Å². The molecular formula is C16H14O2. The van der Waals surface area contributed by atoms with Gasteiger partial charge in [0.05, 0.1) is 11.7 Å². The van der Waals surface area contributed by atoms with Gasteiger partial charge in [-0.1, -0.05) is 24.3 Å². The van der Waals surface area contributed by atoms with Crippen LogP contribution >= 0.6 is 0 Å². The topological polar surface area (TPSA) is 26.3 Å². The summed E-state index contributed by atoms with van der Waals surface area (Å²) in [4.78, 5) is 11.8. The van der Waals surface area contributed by atoms with E-state index in [0.717, 1.165) is 11.1 Å². The van der Waals surface area contributed by atoms with Crippen LogP contribution in [0.4, 0.5) is 0 Å². The van der Waals surface area contributed by atoms with E-state index in [1.54, 1.807) is 0 Å². The average molecular weight is 238 g/mol. The van der Waals surface area contributed by atoms with Gasteiger partial charge in [-0.25, -0.2) is 4.79 Å². The Morgan fingerprint density at radius 1 is 1.11 bits per heavy atom. The number of carbonyl (C=O) groups is 1. The lowest BCUT2D eigenvalue weighted by molar-refractivity contribution is -0.142. The van der Waals surface area contributed by atoms with Crippen LogP contribution in [-0.2, 0) is 9.53 Å². The molecule has 90 valence electrons. The fraction of sp³-hybridized carbons (Fsp3) is 0.188. The van der Waals surface area contributed by atoms with Gasteiger partial charge in [0, 0.05) is 0 Å². The molecule has 0 aliphatic heterocycles. The zero-order chi connectivity index (χ0) is 12.7. The van der Waals surface area contributed by atoms with E-state index in [9.17, 15) is 4.79 Å². The molecule has 1 aromatic rings. The van der Waals surface area contributed by atoms with E-state index in [1.807, 2.05) is 38.1 Å². The highest BCUT2D eigenvalue weighted by Gasteiger charge is 2.21. The van der Waals surface area contributed by atoms with Crippen LogP contribution in [0.15, 0.2) is 47.6 Å². The Morgan fingerprint density at radius 3 is 2.67 bits per heavy atom. The van der Waals surface area contributed by atoms with Gasteiger partial charge in [-0.3, -0.25) is 0 Å². The number of ether oxygens (including phenoxy) is 1. The molecule has 0 saturated heterocycles. The quantitative estimate of drug-likeness (QED) is 0.729. The highest BCUT2D eigenvalue weighted by molar-refractivity contribution is 6.03. The summed E-state index contributed by atoms with van der Waals surface area (Å²) in [7, 11) is 0. The monoisotopic (exact) mass is 238 g/mol. The molecule has 1 aromatic carbocycles. The van der Waals surface area contributed by atoms with Crippen molar-refractivity contribution in [3.05, 3.63) is 58.0 Å². The summed E-state index contributed by atoms with van der Waals surface area (Å²) in [5.41, 5.74) is 2.87. The largest absolute Gasteiger partial charge is 0.459 e. The van der Waals surface area contributed by atoms with Crippen LogP contribution in [0.1, 0.15) is 13.8 Å². The fourth-order valence-electron chi connectivity index (χ4n) is 2.31. The molecule has 0 fully saturated rings. The second-order valence-electron chi connectivity index (χ2n) is 4.80. The molecule has 0 N–H and O–H groups in total. The highest BCUT2D eigenvalue weighted by Crippen LogP contribution is 2.27. The van der Waals surface area contributed by atoms with Crippen molar-refractivity contribution in [1.82, 2.24) is 0 Å². The number of benzene rings is 1. The number of allylic oxidation sites excluding steroid dienone is 2. The molecular weight excluding hydrogens is 224 g/mol. The zero-order valence-electron chi connectivity index (χ0n) is 10.4. The molecule has 2 aliphatic carbocycles. The van der Waals surface area contributed by atoms with Crippen molar-refractivity contribution in [2.45, 2.75) is 20.0 Å². The van der Waals surface area contributed by atoms with Gasteiger partial charge in [0.2, 0.25) is 0 Å². The fourth-order valence-corrected chi connectivity index (χ4v) is 2.31. The van der Waals surface area contributed by atoms with Crippen LogP contribution in [0, 0.1) is 0 Å². The van der Waals surface area contributed by atoms with Crippen molar-refractivity contribution >= 4 is 17.6 Å². The van der Waals surface area contributed by atoms with E-state index in [-0.39, 0.29) is 12.1 Å². The van der Waals surface area contributed by atoms with E-state index >= 15 is 0 Å². The van der Waals surface area contributed by atoms with E-state index in [0.29, 0.717) is 5.57 Å². The van der Waals surface area contributed by atoms with E-state index in [2.05, 4.69) is 18.2 Å². The Labute approximate surface area is 106 Å². The summed E-state index contributed by atoms with van der Waals surface area (Å²) in [6.45, 7) is 3.71. The maximum absolute atomic E-state index is 11.8. The lowest BCUT2D eigenvalue weighted by Gasteiger charge is -2.06. The standard InChI is InChI=1S/C16H14O2/c1-10(2)18-16(17)13-8-12-7-11-5-3-4-6-14(11)15(12)9-13/h3-10H,1-2H3. The molecule has 0 bridgehead atoms. The van der Waals surface area contributed by atoms with Gasteiger partial charge in [-0.05, 0) is 53.7 Å². The van der Waals surface area contributed by atoms with Crippen LogP contribution in [0.5, 0.6) is 0 Å². The summed E-state index contributed by atoms with van der Waals surface area (Å²) < 4.78 is 5.21. The van der Waals surface area contributed by atoms with E-state index in [4.69, 9.17) is 4.74 Å². The Bertz CT molecular complexity index is 703. The molecule has 3 rings (SSSR count). The van der Waals surface area contributed by atoms with Crippen LogP contribution in [0.25, 0.3) is 11.6 Å². The van der Waals surface area contributed by atoms with Crippen LogP contribution in [-0.4, -0.2) is 12.1 Å². The maximum atomic E-state index is 11.8. The molecule has 0 unspecified atom stereocenters. The molecule has 2 nitrogen and oxygen atoms in total. The third kappa shape index (κ3) is 1.70. The van der Waals surface area contributed by atoms with Gasteiger partial charge >= 0.3 is 5.97 Å². The van der Waals surface area contributed by atoms with Crippen molar-refractivity contribution in [2.24, 2.45) is 0 Å². The number of fused-ring (bicyclic) bond motifs is 2. The predicted octanol–water partition coefficient (Wildman–Crippen LogP) is 1.45. The SMILES string of the molecule is CC(C)OC(=O)C1=CC2=c3ccccc3=CC2=C1.